The van der Waals surface area contributed by atoms with Gasteiger partial charge in [-0.2, -0.15) is 0 Å². The second-order valence-corrected chi connectivity index (χ2v) is 10.1. The summed E-state index contributed by atoms with van der Waals surface area (Å²) < 4.78 is 0. The molecule has 1 fully saturated rings. The Morgan fingerprint density at radius 3 is 2.77 bits per heavy atom. The lowest BCUT2D eigenvalue weighted by Gasteiger charge is -2.27. The molecule has 0 radical (unpaired) electrons. The zero-order chi connectivity index (χ0) is 21.6. The Morgan fingerprint density at radius 1 is 1.19 bits per heavy atom. The third-order valence-corrected chi connectivity index (χ3v) is 7.95. The molecule has 2 aliphatic rings. The summed E-state index contributed by atoms with van der Waals surface area (Å²) in [5.74, 6) is 0.849. The van der Waals surface area contributed by atoms with E-state index in [0.29, 0.717) is 12.1 Å². The summed E-state index contributed by atoms with van der Waals surface area (Å²) in [6.07, 6.45) is 14.6. The number of carbonyl (C=O) groups excluding carboxylic acids is 2. The van der Waals surface area contributed by atoms with Crippen molar-refractivity contribution in [1.82, 2.24) is 10.3 Å². The highest BCUT2D eigenvalue weighted by Gasteiger charge is 2.30. The number of nitrogens with zero attached hydrogens (tertiary/aromatic N) is 1. The maximum Gasteiger partial charge on any atom is 0.254 e. The Balaban J connectivity index is 1.40. The number of pyridine rings is 1. The van der Waals surface area contributed by atoms with Gasteiger partial charge >= 0.3 is 0 Å². The van der Waals surface area contributed by atoms with Crippen molar-refractivity contribution < 1.29 is 9.59 Å². The van der Waals surface area contributed by atoms with Crippen molar-refractivity contribution in [2.24, 2.45) is 11.8 Å². The van der Waals surface area contributed by atoms with Gasteiger partial charge in [-0.1, -0.05) is 32.3 Å². The van der Waals surface area contributed by atoms with Crippen LogP contribution in [0.15, 0.2) is 24.5 Å². The first-order chi connectivity index (χ1) is 15.2. The molecule has 2 aliphatic carbocycles. The third kappa shape index (κ3) is 5.35. The van der Waals surface area contributed by atoms with E-state index >= 15 is 0 Å². The molecule has 2 heterocycles. The zero-order valence-corrected chi connectivity index (χ0v) is 19.2. The first kappa shape index (κ1) is 22.0. The minimum absolute atomic E-state index is 0.0705. The fraction of sp³-hybridized carbons (Fsp3) is 0.560. The molecule has 2 N–H and O–H groups in total. The summed E-state index contributed by atoms with van der Waals surface area (Å²) >= 11 is 1.60. The van der Waals surface area contributed by atoms with Crippen molar-refractivity contribution >= 4 is 28.2 Å². The Labute approximate surface area is 189 Å². The van der Waals surface area contributed by atoms with Crippen molar-refractivity contribution in [3.05, 3.63) is 46.1 Å². The van der Waals surface area contributed by atoms with E-state index in [-0.39, 0.29) is 17.7 Å². The summed E-state index contributed by atoms with van der Waals surface area (Å²) in [7, 11) is 0. The largest absolute Gasteiger partial charge is 0.348 e. The average molecular weight is 440 g/mol. The highest BCUT2D eigenvalue weighted by Crippen LogP contribution is 2.40. The molecule has 0 atom stereocenters. The molecule has 0 aromatic carbocycles. The van der Waals surface area contributed by atoms with Crippen molar-refractivity contribution in [2.75, 3.05) is 5.32 Å². The minimum atomic E-state index is -0.0955. The number of fused-ring (bicyclic) bond motifs is 1. The van der Waals surface area contributed by atoms with Crippen LogP contribution in [0.4, 0.5) is 5.00 Å². The Hall–Kier alpha value is -2.21. The average Bonchev–Trinajstić information content (AvgIpc) is 3.38. The van der Waals surface area contributed by atoms with Gasteiger partial charge in [0, 0.05) is 29.7 Å². The number of aromatic nitrogens is 1. The van der Waals surface area contributed by atoms with Gasteiger partial charge in [-0.25, -0.2) is 0 Å². The summed E-state index contributed by atoms with van der Waals surface area (Å²) in [6.45, 7) is 2.67. The molecule has 0 spiro atoms. The fourth-order valence-corrected chi connectivity index (χ4v) is 6.22. The van der Waals surface area contributed by atoms with Crippen molar-refractivity contribution in [1.29, 1.82) is 0 Å². The number of rotatable bonds is 8. The van der Waals surface area contributed by atoms with Crippen LogP contribution in [0.5, 0.6) is 0 Å². The van der Waals surface area contributed by atoms with Crippen LogP contribution >= 0.6 is 11.3 Å². The van der Waals surface area contributed by atoms with Gasteiger partial charge in [0.2, 0.25) is 5.91 Å². The number of amides is 2. The number of aryl methyl sites for hydroxylation is 1. The van der Waals surface area contributed by atoms with Gasteiger partial charge in [-0.3, -0.25) is 14.6 Å². The van der Waals surface area contributed by atoms with Gasteiger partial charge < -0.3 is 10.6 Å². The van der Waals surface area contributed by atoms with Crippen LogP contribution < -0.4 is 10.6 Å². The highest BCUT2D eigenvalue weighted by molar-refractivity contribution is 7.17. The third-order valence-electron chi connectivity index (χ3n) is 6.74. The van der Waals surface area contributed by atoms with E-state index in [2.05, 4.69) is 22.5 Å². The lowest BCUT2D eigenvalue weighted by Crippen LogP contribution is -2.29. The standard InChI is InChI=1S/C25H33N3O2S/c1-2-3-6-17-10-12-19(13-11-17)23(29)28-25-22(20-8-4-9-21(20)31-25)24(30)27-16-18-7-5-14-26-15-18/h5,7,14-15,17,19H,2-4,6,8-13,16H2,1H3,(H,27,30)(H,28,29). The number of unbranched alkanes of at least 4 members (excludes halogenated alkanes) is 1. The molecule has 0 unspecified atom stereocenters. The summed E-state index contributed by atoms with van der Waals surface area (Å²) in [4.78, 5) is 31.5. The molecule has 6 heteroatoms. The van der Waals surface area contributed by atoms with Crippen LogP contribution in [0.1, 0.15) is 84.7 Å². The quantitative estimate of drug-likeness (QED) is 0.571. The highest BCUT2D eigenvalue weighted by atomic mass is 32.1. The maximum absolute atomic E-state index is 13.1. The van der Waals surface area contributed by atoms with Crippen molar-refractivity contribution in [2.45, 2.75) is 77.7 Å². The fourth-order valence-electron chi connectivity index (χ4n) is 4.93. The number of nitrogens with one attached hydrogen (secondary N) is 2. The van der Waals surface area contributed by atoms with E-state index in [1.165, 1.54) is 24.1 Å². The van der Waals surface area contributed by atoms with Gasteiger partial charge in [0.15, 0.2) is 0 Å². The second kappa shape index (κ2) is 10.4. The summed E-state index contributed by atoms with van der Waals surface area (Å²) in [5.41, 5.74) is 2.78. The van der Waals surface area contributed by atoms with E-state index in [1.54, 1.807) is 23.7 Å². The smallest absolute Gasteiger partial charge is 0.254 e. The summed E-state index contributed by atoms with van der Waals surface area (Å²) in [6, 6.07) is 3.82. The van der Waals surface area contributed by atoms with E-state index in [1.807, 2.05) is 12.1 Å². The predicted octanol–water partition coefficient (Wildman–Crippen LogP) is 5.50. The van der Waals surface area contributed by atoms with Gasteiger partial charge in [0.05, 0.1) is 5.56 Å². The Morgan fingerprint density at radius 2 is 2.03 bits per heavy atom. The van der Waals surface area contributed by atoms with Gasteiger partial charge in [0.1, 0.15) is 5.00 Å². The predicted molar refractivity (Wildman–Crippen MR) is 125 cm³/mol. The van der Waals surface area contributed by atoms with Crippen LogP contribution in [0.2, 0.25) is 0 Å². The molecule has 2 aromatic rings. The van der Waals surface area contributed by atoms with Crippen LogP contribution in [-0.4, -0.2) is 16.8 Å². The normalized spacial score (nSPS) is 20.3. The molecule has 0 saturated heterocycles. The SMILES string of the molecule is CCCCC1CCC(C(=O)Nc2sc3c(c2C(=O)NCc2cccnc2)CCC3)CC1. The van der Waals surface area contributed by atoms with Crippen LogP contribution in [0.25, 0.3) is 0 Å². The molecule has 4 rings (SSSR count). The Bertz CT molecular complexity index is 901. The number of hydrogen-bond donors (Lipinski definition) is 2. The second-order valence-electron chi connectivity index (χ2n) is 8.95. The Kier molecular flexibility index (Phi) is 7.38. The van der Waals surface area contributed by atoms with Crippen LogP contribution in [0.3, 0.4) is 0 Å². The number of thiophene rings is 1. The van der Waals surface area contributed by atoms with Crippen LogP contribution in [-0.2, 0) is 24.2 Å². The van der Waals surface area contributed by atoms with E-state index in [0.717, 1.165) is 67.0 Å². The first-order valence-corrected chi connectivity index (χ1v) is 12.6. The minimum Gasteiger partial charge on any atom is -0.348 e. The van der Waals surface area contributed by atoms with Gasteiger partial charge in [-0.05, 0) is 68.1 Å². The molecule has 0 aliphatic heterocycles. The molecule has 0 bridgehead atoms. The van der Waals surface area contributed by atoms with E-state index in [9.17, 15) is 9.59 Å². The van der Waals surface area contributed by atoms with E-state index < -0.39 is 0 Å². The lowest BCUT2D eigenvalue weighted by atomic mass is 9.79. The molecular weight excluding hydrogens is 406 g/mol. The molecule has 166 valence electrons. The molecular formula is C25H33N3O2S. The number of carbonyl (C=O) groups is 2. The van der Waals surface area contributed by atoms with Crippen molar-refractivity contribution in [3.63, 3.8) is 0 Å². The summed E-state index contributed by atoms with van der Waals surface area (Å²) in [5, 5.41) is 6.92. The topological polar surface area (TPSA) is 71.1 Å². The molecule has 2 amide bonds. The number of hydrogen-bond acceptors (Lipinski definition) is 4. The molecule has 2 aromatic heterocycles. The van der Waals surface area contributed by atoms with Gasteiger partial charge in [-0.15, -0.1) is 11.3 Å². The monoisotopic (exact) mass is 439 g/mol. The lowest BCUT2D eigenvalue weighted by molar-refractivity contribution is -0.121. The zero-order valence-electron chi connectivity index (χ0n) is 18.4. The maximum atomic E-state index is 13.1. The first-order valence-electron chi connectivity index (χ1n) is 11.8. The van der Waals surface area contributed by atoms with Gasteiger partial charge in [0.25, 0.3) is 5.91 Å². The van der Waals surface area contributed by atoms with Crippen molar-refractivity contribution in [3.8, 4) is 0 Å². The molecule has 31 heavy (non-hydrogen) atoms. The van der Waals surface area contributed by atoms with E-state index in [4.69, 9.17) is 0 Å². The van der Waals surface area contributed by atoms with Crippen LogP contribution in [0, 0.1) is 11.8 Å². The molecule has 5 nitrogen and oxygen atoms in total. The molecule has 1 saturated carbocycles. The number of anilines is 1.